The summed E-state index contributed by atoms with van der Waals surface area (Å²) in [5.41, 5.74) is 2.29. The van der Waals surface area contributed by atoms with E-state index in [-0.39, 0.29) is 18.3 Å². The summed E-state index contributed by atoms with van der Waals surface area (Å²) in [5, 5.41) is 7.67. The lowest BCUT2D eigenvalue weighted by atomic mass is 10.0. The van der Waals surface area contributed by atoms with Crippen LogP contribution in [0.2, 0.25) is 0 Å². The summed E-state index contributed by atoms with van der Waals surface area (Å²) in [6, 6.07) is 14.7. The Hall–Kier alpha value is -3.95. The number of benzene rings is 2. The van der Waals surface area contributed by atoms with Gasteiger partial charge in [-0.25, -0.2) is 4.79 Å². The molecule has 4 aromatic rings. The van der Waals surface area contributed by atoms with Crippen molar-refractivity contribution in [1.29, 1.82) is 0 Å². The molecule has 7 nitrogen and oxygen atoms in total. The summed E-state index contributed by atoms with van der Waals surface area (Å²) in [7, 11) is 1.48. The number of tetrazole rings is 1. The van der Waals surface area contributed by atoms with Crippen LogP contribution in [0.15, 0.2) is 59.4 Å². The first-order valence-electron chi connectivity index (χ1n) is 11.7. The van der Waals surface area contributed by atoms with Crippen LogP contribution in [0.4, 0.5) is 13.2 Å². The molecule has 36 heavy (non-hydrogen) atoms. The Morgan fingerprint density at radius 2 is 1.83 bits per heavy atom. The number of aromatic nitrogens is 5. The maximum Gasteiger partial charge on any atom is 0.419 e. The number of ether oxygens (including phenoxy) is 1. The van der Waals surface area contributed by atoms with Crippen molar-refractivity contribution in [3.05, 3.63) is 87.5 Å². The Kier molecular flexibility index (Phi) is 6.11. The summed E-state index contributed by atoms with van der Waals surface area (Å²) in [6.07, 6.45) is -2.01. The van der Waals surface area contributed by atoms with Crippen molar-refractivity contribution in [2.24, 2.45) is 7.05 Å². The maximum absolute atomic E-state index is 14.1. The van der Waals surface area contributed by atoms with E-state index in [2.05, 4.69) is 15.4 Å². The molecule has 0 unspecified atom stereocenters. The highest BCUT2D eigenvalue weighted by Gasteiger charge is 2.35. The zero-order valence-electron chi connectivity index (χ0n) is 19.8. The van der Waals surface area contributed by atoms with E-state index >= 15 is 0 Å². The number of nitrogens with zero attached hydrogens (tertiary/aromatic N) is 5. The van der Waals surface area contributed by atoms with Crippen LogP contribution in [-0.2, 0) is 26.3 Å². The maximum atomic E-state index is 14.1. The second kappa shape index (κ2) is 9.25. The molecule has 2 aromatic heterocycles. The van der Waals surface area contributed by atoms with Crippen molar-refractivity contribution in [2.75, 3.05) is 0 Å². The number of hydrogen-bond acceptors (Lipinski definition) is 5. The highest BCUT2D eigenvalue weighted by molar-refractivity contribution is 5.63. The van der Waals surface area contributed by atoms with E-state index in [0.29, 0.717) is 28.9 Å². The molecule has 0 aliphatic heterocycles. The average molecular weight is 496 g/mol. The second-order valence-electron chi connectivity index (χ2n) is 8.78. The monoisotopic (exact) mass is 495 g/mol. The van der Waals surface area contributed by atoms with Crippen molar-refractivity contribution >= 4 is 0 Å². The third-order valence-electron chi connectivity index (χ3n) is 6.28. The molecule has 0 N–H and O–H groups in total. The third-order valence-corrected chi connectivity index (χ3v) is 6.28. The van der Waals surface area contributed by atoms with E-state index in [1.807, 2.05) is 19.1 Å². The van der Waals surface area contributed by atoms with Gasteiger partial charge >= 0.3 is 11.9 Å². The minimum atomic E-state index is -4.63. The zero-order chi connectivity index (χ0) is 25.4. The van der Waals surface area contributed by atoms with Crippen molar-refractivity contribution in [2.45, 2.75) is 44.9 Å². The lowest BCUT2D eigenvalue weighted by molar-refractivity contribution is -0.139. The van der Waals surface area contributed by atoms with Crippen molar-refractivity contribution in [1.82, 2.24) is 24.8 Å². The molecular weight excluding hydrogens is 471 g/mol. The Morgan fingerprint density at radius 1 is 1.06 bits per heavy atom. The van der Waals surface area contributed by atoms with Crippen LogP contribution in [-0.4, -0.2) is 24.8 Å². The van der Waals surface area contributed by atoms with Crippen molar-refractivity contribution in [3.8, 4) is 22.7 Å². The Balaban J connectivity index is 1.52. The molecule has 0 saturated heterocycles. The Morgan fingerprint density at radius 3 is 2.50 bits per heavy atom. The van der Waals surface area contributed by atoms with E-state index in [1.54, 1.807) is 30.3 Å². The Labute approximate surface area is 205 Å². The molecule has 10 heteroatoms. The number of rotatable bonds is 7. The molecule has 0 amide bonds. The van der Waals surface area contributed by atoms with Crippen LogP contribution in [0.3, 0.4) is 0 Å². The largest absolute Gasteiger partial charge is 0.488 e. The van der Waals surface area contributed by atoms with E-state index < -0.39 is 17.4 Å². The summed E-state index contributed by atoms with van der Waals surface area (Å²) in [5.74, 6) is -0.0155. The first-order valence-corrected chi connectivity index (χ1v) is 11.7. The smallest absolute Gasteiger partial charge is 0.419 e. The topological polar surface area (TPSA) is 74.8 Å². The first kappa shape index (κ1) is 23.8. The average Bonchev–Trinajstić information content (AvgIpc) is 3.67. The van der Waals surface area contributed by atoms with E-state index in [9.17, 15) is 18.0 Å². The highest BCUT2D eigenvalue weighted by atomic mass is 19.4. The molecule has 0 radical (unpaired) electrons. The fraction of sp³-hybridized carbons (Fsp3) is 0.308. The van der Waals surface area contributed by atoms with E-state index in [1.165, 1.54) is 13.1 Å². The summed E-state index contributed by atoms with van der Waals surface area (Å²) in [4.78, 5) is 16.9. The first-order chi connectivity index (χ1) is 17.3. The summed E-state index contributed by atoms with van der Waals surface area (Å²) in [6.45, 7) is 1.78. The third kappa shape index (κ3) is 4.62. The van der Waals surface area contributed by atoms with Gasteiger partial charge in [0.1, 0.15) is 12.4 Å². The van der Waals surface area contributed by atoms with Gasteiger partial charge in [0, 0.05) is 23.9 Å². The molecule has 186 valence electrons. The molecule has 1 aliphatic rings. The van der Waals surface area contributed by atoms with Gasteiger partial charge in [0.05, 0.1) is 16.9 Å². The lowest BCUT2D eigenvalue weighted by Gasteiger charge is -2.18. The minimum absolute atomic E-state index is 0.156. The molecule has 0 bridgehead atoms. The van der Waals surface area contributed by atoms with Crippen LogP contribution in [0, 0.1) is 0 Å². The van der Waals surface area contributed by atoms with Gasteiger partial charge in [0.2, 0.25) is 0 Å². The molecule has 1 saturated carbocycles. The molecule has 1 fully saturated rings. The van der Waals surface area contributed by atoms with Gasteiger partial charge in [-0.3, -0.25) is 4.98 Å². The predicted octanol–water partition coefficient (Wildman–Crippen LogP) is 5.07. The van der Waals surface area contributed by atoms with Gasteiger partial charge in [-0.2, -0.15) is 22.5 Å². The van der Waals surface area contributed by atoms with Gasteiger partial charge in [-0.05, 0) is 77.6 Å². The predicted molar refractivity (Wildman–Crippen MR) is 127 cm³/mol. The normalized spacial score (nSPS) is 13.7. The van der Waals surface area contributed by atoms with Gasteiger partial charge in [-0.15, -0.1) is 0 Å². The van der Waals surface area contributed by atoms with E-state index in [4.69, 9.17) is 4.74 Å². The van der Waals surface area contributed by atoms with Gasteiger partial charge in [0.25, 0.3) is 0 Å². The van der Waals surface area contributed by atoms with Crippen molar-refractivity contribution < 1.29 is 17.9 Å². The SMILES string of the molecule is CCc1cccc(-c2ccc(OCc3c(C4CC4)cccc3-n3nnn(C)c3=O)c(C(F)(F)F)c2)n1. The number of alkyl halides is 3. The molecule has 2 aromatic carbocycles. The highest BCUT2D eigenvalue weighted by Crippen LogP contribution is 2.44. The summed E-state index contributed by atoms with van der Waals surface area (Å²) < 4.78 is 50.2. The number of pyridine rings is 1. The number of halogens is 3. The fourth-order valence-electron chi connectivity index (χ4n) is 4.21. The fourth-order valence-corrected chi connectivity index (χ4v) is 4.21. The van der Waals surface area contributed by atoms with Crippen LogP contribution in [0.1, 0.15) is 48.1 Å². The van der Waals surface area contributed by atoms with E-state index in [0.717, 1.165) is 39.5 Å². The quantitative estimate of drug-likeness (QED) is 0.358. The van der Waals surface area contributed by atoms with Crippen LogP contribution in [0.25, 0.3) is 16.9 Å². The lowest BCUT2D eigenvalue weighted by Crippen LogP contribution is -2.23. The standard InChI is InChI=1S/C26H24F3N5O2/c1-3-18-6-4-8-22(30-18)17-12-13-24(21(14-17)26(27,28)29)36-15-20-19(16-10-11-16)7-5-9-23(20)34-25(35)33(2)31-32-34/h4-9,12-14,16H,3,10-11,15H2,1-2H3. The molecule has 0 spiro atoms. The Bertz CT molecular complexity index is 1470. The molecule has 2 heterocycles. The molecule has 1 aliphatic carbocycles. The van der Waals surface area contributed by atoms with Gasteiger partial charge in [0.15, 0.2) is 0 Å². The minimum Gasteiger partial charge on any atom is -0.488 e. The summed E-state index contributed by atoms with van der Waals surface area (Å²) >= 11 is 0. The van der Waals surface area contributed by atoms with Gasteiger partial charge in [-0.1, -0.05) is 25.1 Å². The molecule has 5 rings (SSSR count). The number of hydrogen-bond donors (Lipinski definition) is 0. The molecular formula is C26H24F3N5O2. The van der Waals surface area contributed by atoms with Crippen molar-refractivity contribution in [3.63, 3.8) is 0 Å². The van der Waals surface area contributed by atoms with Crippen LogP contribution < -0.4 is 10.4 Å². The van der Waals surface area contributed by atoms with Crippen LogP contribution in [0.5, 0.6) is 5.75 Å². The van der Waals surface area contributed by atoms with Gasteiger partial charge < -0.3 is 4.74 Å². The van der Waals surface area contributed by atoms with Crippen LogP contribution >= 0.6 is 0 Å². The molecule has 0 atom stereocenters. The zero-order valence-corrected chi connectivity index (χ0v) is 19.8. The second-order valence-corrected chi connectivity index (χ2v) is 8.78. The number of aryl methyl sites for hydroxylation is 2.